The zero-order valence-electron chi connectivity index (χ0n) is 51.9. The molecule has 0 heterocycles. The molecule has 1 unspecified atom stereocenters. The number of benzene rings is 15. The number of hydrogen-bond donors (Lipinski definition) is 0. The largest absolute Gasteiger partial charge is 0.310 e. The van der Waals surface area contributed by atoms with E-state index in [9.17, 15) is 0 Å². The van der Waals surface area contributed by atoms with Gasteiger partial charge in [-0.05, 0) is 219 Å². The van der Waals surface area contributed by atoms with Gasteiger partial charge in [-0.25, -0.2) is 0 Å². The second-order valence-corrected chi connectivity index (χ2v) is 25.4. The Morgan fingerprint density at radius 3 is 0.915 bits per heavy atom. The lowest BCUT2D eigenvalue weighted by atomic mass is 9.66. The Morgan fingerprint density at radius 2 is 0.543 bits per heavy atom. The molecule has 18 rings (SSSR count). The highest BCUT2D eigenvalue weighted by Gasteiger charge is 2.49. The van der Waals surface area contributed by atoms with Gasteiger partial charge in [-0.2, -0.15) is 0 Å². The minimum atomic E-state index is -0.654. The molecule has 0 amide bonds. The molecule has 0 aliphatic heterocycles. The Balaban J connectivity index is 0.784. The summed E-state index contributed by atoms with van der Waals surface area (Å²) in [6.45, 7) is 0. The zero-order chi connectivity index (χ0) is 62.2. The van der Waals surface area contributed by atoms with Gasteiger partial charge in [-0.1, -0.05) is 279 Å². The van der Waals surface area contributed by atoms with Gasteiger partial charge in [0.2, 0.25) is 0 Å². The molecular weight excluding hydrogens is 1130 g/mol. The molecule has 1 atom stereocenters. The summed E-state index contributed by atoms with van der Waals surface area (Å²) in [5, 5.41) is 9.70. The molecule has 0 aromatic heterocycles. The van der Waals surface area contributed by atoms with Crippen LogP contribution in [-0.2, 0) is 10.8 Å². The van der Waals surface area contributed by atoms with Crippen molar-refractivity contribution in [2.45, 2.75) is 23.7 Å². The SMILES string of the molecule is C1=CC(C2(c3ccccc3)c3cc(/C=C/c4ccc5c(c4)C(c4ccccc4)(c4ccccc4)c4cc(N(c6ccc7ccccc7c6)c6ccc7ccccc7c6)ccc4-5)ccc3-c3ccc(N(c4ccc5ccccc5c4)c4ccc5ccccc5c4)cc32)=CCC1. The smallest absolute Gasteiger partial charge is 0.0714 e. The number of allylic oxidation sites excluding steroid dienone is 4. The van der Waals surface area contributed by atoms with E-state index in [0.717, 1.165) is 58.1 Å². The highest BCUT2D eigenvalue weighted by molar-refractivity contribution is 5.98. The summed E-state index contributed by atoms with van der Waals surface area (Å²) >= 11 is 0. The van der Waals surface area contributed by atoms with Gasteiger partial charge < -0.3 is 9.80 Å². The Bertz CT molecular complexity index is 5380. The summed E-state index contributed by atoms with van der Waals surface area (Å²) < 4.78 is 0. The predicted molar refractivity (Wildman–Crippen MR) is 397 cm³/mol. The Hall–Kier alpha value is -11.8. The number of fused-ring (bicyclic) bond motifs is 10. The van der Waals surface area contributed by atoms with E-state index in [0.29, 0.717) is 0 Å². The van der Waals surface area contributed by atoms with E-state index in [2.05, 4.69) is 374 Å². The van der Waals surface area contributed by atoms with E-state index in [1.54, 1.807) is 0 Å². The maximum atomic E-state index is 2.51. The van der Waals surface area contributed by atoms with Gasteiger partial charge in [0.1, 0.15) is 0 Å². The Morgan fingerprint density at radius 1 is 0.245 bits per heavy atom. The monoisotopic (exact) mass is 1200 g/mol. The fraction of sp³-hybridized carbons (Fsp3) is 0.0435. The van der Waals surface area contributed by atoms with Crippen molar-refractivity contribution in [1.29, 1.82) is 0 Å². The molecule has 0 spiro atoms. The molecule has 0 fully saturated rings. The Kier molecular flexibility index (Phi) is 13.2. The lowest BCUT2D eigenvalue weighted by molar-refractivity contribution is 0.751. The third kappa shape index (κ3) is 8.93. The van der Waals surface area contributed by atoms with E-state index >= 15 is 0 Å². The highest BCUT2D eigenvalue weighted by Crippen LogP contribution is 2.60. The van der Waals surface area contributed by atoms with Crippen LogP contribution in [-0.4, -0.2) is 0 Å². The van der Waals surface area contributed by atoms with Crippen LogP contribution in [0.5, 0.6) is 0 Å². The summed E-state index contributed by atoms with van der Waals surface area (Å²) in [6, 6.07) is 125. The molecule has 15 aromatic rings. The van der Waals surface area contributed by atoms with Crippen molar-refractivity contribution in [3.8, 4) is 22.3 Å². The molecule has 2 nitrogen and oxygen atoms in total. The van der Waals surface area contributed by atoms with E-state index in [4.69, 9.17) is 0 Å². The summed E-state index contributed by atoms with van der Waals surface area (Å²) in [6.07, 6.45) is 14.0. The van der Waals surface area contributed by atoms with Crippen molar-refractivity contribution in [1.82, 2.24) is 0 Å². The first-order valence-corrected chi connectivity index (χ1v) is 32.9. The Labute approximate surface area is 549 Å². The van der Waals surface area contributed by atoms with E-state index in [-0.39, 0.29) is 0 Å². The lowest BCUT2D eigenvalue weighted by Gasteiger charge is -2.36. The van der Waals surface area contributed by atoms with Crippen molar-refractivity contribution in [2.24, 2.45) is 0 Å². The van der Waals surface area contributed by atoms with E-state index in [1.807, 2.05) is 0 Å². The third-order valence-electron chi connectivity index (χ3n) is 20.3. The average Bonchev–Trinajstić information content (AvgIpc) is 1.53. The van der Waals surface area contributed by atoms with Crippen LogP contribution in [0.15, 0.2) is 357 Å². The second-order valence-electron chi connectivity index (χ2n) is 25.4. The summed E-state index contributed by atoms with van der Waals surface area (Å²) in [5.74, 6) is 0. The van der Waals surface area contributed by atoms with E-state index in [1.165, 1.54) is 110 Å². The first-order valence-electron chi connectivity index (χ1n) is 32.9. The van der Waals surface area contributed by atoms with Gasteiger partial charge in [0.15, 0.2) is 0 Å². The standard InChI is InChI=1S/C92H64N2/c1-5-29-73(30-6-1)91(74-31-7-2-8-32-74)87-55-63(39-51-83(87)85-53-49-81(61-89(85)91)93(77-45-41-65-21-13-17-25-69(65)57-77)78-46-42-66-22-14-18-26-70(66)58-78)37-38-64-40-52-84-86-54-50-82(62-90(86)92(88(84)56-64,75-33-9-3-10-34-75)76-35-11-4-12-36-76)94(79-47-43-67-23-15-19-27-71(67)59-79)80-48-44-68-24-16-20-28-72(68)60-80/h1-3,5-11,13-62H,4,12H2/b38-37+. The van der Waals surface area contributed by atoms with Crippen molar-refractivity contribution >= 4 is 89.4 Å². The van der Waals surface area contributed by atoms with Crippen molar-refractivity contribution in [3.63, 3.8) is 0 Å². The molecule has 0 radical (unpaired) electrons. The molecule has 3 aliphatic carbocycles. The van der Waals surface area contributed by atoms with Crippen molar-refractivity contribution < 1.29 is 0 Å². The second kappa shape index (κ2) is 22.5. The summed E-state index contributed by atoms with van der Waals surface area (Å²) in [7, 11) is 0. The van der Waals surface area contributed by atoms with Gasteiger partial charge in [0.25, 0.3) is 0 Å². The number of anilines is 6. The first kappa shape index (κ1) is 55.0. The minimum Gasteiger partial charge on any atom is -0.310 e. The maximum Gasteiger partial charge on any atom is 0.0714 e. The van der Waals surface area contributed by atoms with Crippen LogP contribution in [0.1, 0.15) is 62.9 Å². The van der Waals surface area contributed by atoms with Crippen LogP contribution in [0.4, 0.5) is 34.1 Å². The molecule has 0 saturated heterocycles. The maximum absolute atomic E-state index is 2.51. The number of hydrogen-bond acceptors (Lipinski definition) is 2. The van der Waals surface area contributed by atoms with Gasteiger partial charge >= 0.3 is 0 Å². The van der Waals surface area contributed by atoms with Crippen LogP contribution in [0.3, 0.4) is 0 Å². The van der Waals surface area contributed by atoms with Crippen LogP contribution < -0.4 is 9.80 Å². The normalized spacial score (nSPS) is 15.0. The quantitative estimate of drug-likeness (QED) is 0.113. The van der Waals surface area contributed by atoms with Crippen LogP contribution in [0.25, 0.3) is 77.5 Å². The molecular formula is C92H64N2. The summed E-state index contributed by atoms with van der Waals surface area (Å²) in [5.41, 5.74) is 22.8. The molecule has 0 bridgehead atoms. The van der Waals surface area contributed by atoms with Crippen LogP contribution in [0, 0.1) is 0 Å². The molecule has 0 N–H and O–H groups in total. The molecule has 0 saturated carbocycles. The lowest BCUT2D eigenvalue weighted by Crippen LogP contribution is -2.30. The van der Waals surface area contributed by atoms with Crippen LogP contribution >= 0.6 is 0 Å². The first-order chi connectivity index (χ1) is 46.6. The fourth-order valence-corrected chi connectivity index (χ4v) is 16.0. The van der Waals surface area contributed by atoms with Gasteiger partial charge in [-0.15, -0.1) is 0 Å². The minimum absolute atomic E-state index is 0.609. The predicted octanol–water partition coefficient (Wildman–Crippen LogP) is 24.4. The zero-order valence-corrected chi connectivity index (χ0v) is 51.9. The highest BCUT2D eigenvalue weighted by atomic mass is 15.1. The average molecular weight is 1200 g/mol. The molecule has 15 aromatic carbocycles. The van der Waals surface area contributed by atoms with Gasteiger partial charge in [0.05, 0.1) is 10.8 Å². The molecule has 2 heteroatoms. The van der Waals surface area contributed by atoms with Gasteiger partial charge in [-0.3, -0.25) is 0 Å². The van der Waals surface area contributed by atoms with Gasteiger partial charge in [0, 0.05) is 34.1 Å². The molecule has 442 valence electrons. The fourth-order valence-electron chi connectivity index (χ4n) is 16.0. The molecule has 94 heavy (non-hydrogen) atoms. The number of rotatable bonds is 12. The number of nitrogens with zero attached hydrogens (tertiary/aromatic N) is 2. The van der Waals surface area contributed by atoms with Crippen molar-refractivity contribution in [3.05, 3.63) is 408 Å². The van der Waals surface area contributed by atoms with Crippen LogP contribution in [0.2, 0.25) is 0 Å². The summed E-state index contributed by atoms with van der Waals surface area (Å²) in [4.78, 5) is 4.91. The topological polar surface area (TPSA) is 6.48 Å². The molecule has 3 aliphatic rings. The van der Waals surface area contributed by atoms with E-state index < -0.39 is 10.8 Å². The third-order valence-corrected chi connectivity index (χ3v) is 20.3. The van der Waals surface area contributed by atoms with Crippen molar-refractivity contribution in [2.75, 3.05) is 9.80 Å².